The van der Waals surface area contributed by atoms with E-state index in [0.717, 1.165) is 17.5 Å². The summed E-state index contributed by atoms with van der Waals surface area (Å²) in [5.41, 5.74) is 1.17. The molecule has 0 aliphatic heterocycles. The van der Waals surface area contributed by atoms with Crippen LogP contribution in [-0.2, 0) is 11.8 Å². The molecule has 0 aromatic heterocycles. The Bertz CT molecular complexity index is 406. The van der Waals surface area contributed by atoms with Gasteiger partial charge in [0.05, 0.1) is 12.1 Å². The van der Waals surface area contributed by atoms with Gasteiger partial charge in [-0.25, -0.2) is 0 Å². The highest BCUT2D eigenvalue weighted by Crippen LogP contribution is 2.37. The van der Waals surface area contributed by atoms with Crippen molar-refractivity contribution in [2.45, 2.75) is 18.3 Å². The third-order valence-corrected chi connectivity index (χ3v) is 2.63. The predicted octanol–water partition coefficient (Wildman–Crippen LogP) is 1.92. The van der Waals surface area contributed by atoms with Crippen molar-refractivity contribution in [1.82, 2.24) is 0 Å². The molecule has 0 unspecified atom stereocenters. The van der Waals surface area contributed by atoms with Gasteiger partial charge in [-0.1, -0.05) is 24.3 Å². The summed E-state index contributed by atoms with van der Waals surface area (Å²) in [5, 5.41) is 18.0. The van der Waals surface area contributed by atoms with E-state index in [1.54, 1.807) is 0 Å². The summed E-state index contributed by atoms with van der Waals surface area (Å²) in [5.74, 6) is 0. The molecule has 1 aliphatic carbocycles. The van der Waals surface area contributed by atoms with Crippen LogP contribution in [0.3, 0.4) is 0 Å². The zero-order valence-electron chi connectivity index (χ0n) is 7.12. The molecule has 0 N–H and O–H groups in total. The van der Waals surface area contributed by atoms with Crippen LogP contribution in [0.1, 0.15) is 17.5 Å². The second kappa shape index (κ2) is 2.61. The van der Waals surface area contributed by atoms with Crippen molar-refractivity contribution in [2.24, 2.45) is 0 Å². The molecule has 0 amide bonds. The van der Waals surface area contributed by atoms with Gasteiger partial charge in [-0.2, -0.15) is 10.5 Å². The Balaban J connectivity index is 2.63. The van der Waals surface area contributed by atoms with Crippen molar-refractivity contribution in [3.8, 4) is 12.1 Å². The van der Waals surface area contributed by atoms with Crippen molar-refractivity contribution in [3.05, 3.63) is 35.4 Å². The fourth-order valence-electron chi connectivity index (χ4n) is 1.87. The molecule has 0 bridgehead atoms. The van der Waals surface area contributed by atoms with Crippen LogP contribution in [0.25, 0.3) is 0 Å². The minimum Gasteiger partial charge on any atom is -0.196 e. The van der Waals surface area contributed by atoms with Gasteiger partial charge in [0.25, 0.3) is 0 Å². The number of benzene rings is 1. The maximum absolute atomic E-state index is 8.99. The van der Waals surface area contributed by atoms with E-state index in [9.17, 15) is 0 Å². The third kappa shape index (κ3) is 0.927. The first-order valence-corrected chi connectivity index (χ1v) is 4.23. The summed E-state index contributed by atoms with van der Waals surface area (Å²) in [4.78, 5) is 0. The summed E-state index contributed by atoms with van der Waals surface area (Å²) in [6, 6.07) is 12.0. The van der Waals surface area contributed by atoms with Crippen LogP contribution < -0.4 is 0 Å². The molecule has 0 saturated carbocycles. The minimum atomic E-state index is -0.878. The number of hydrogen-bond donors (Lipinski definition) is 0. The molecule has 1 aromatic carbocycles. The third-order valence-electron chi connectivity index (χ3n) is 2.63. The van der Waals surface area contributed by atoms with Gasteiger partial charge in [0.1, 0.15) is 0 Å². The standard InChI is InChI=1S/C11H8N2/c12-7-11(8-13)6-5-9-3-1-2-4-10(9)11/h1-4H,5-6H2. The summed E-state index contributed by atoms with van der Waals surface area (Å²) in [6.07, 6.45) is 1.48. The summed E-state index contributed by atoms with van der Waals surface area (Å²) in [6.45, 7) is 0. The molecule has 2 rings (SSSR count). The molecule has 0 atom stereocenters. The first-order chi connectivity index (χ1) is 6.32. The van der Waals surface area contributed by atoms with E-state index in [-0.39, 0.29) is 0 Å². The van der Waals surface area contributed by atoms with Crippen LogP contribution in [0.5, 0.6) is 0 Å². The van der Waals surface area contributed by atoms with Gasteiger partial charge in [0, 0.05) is 0 Å². The normalized spacial score (nSPS) is 17.1. The molecule has 0 heterocycles. The Labute approximate surface area is 77.0 Å². The van der Waals surface area contributed by atoms with Crippen molar-refractivity contribution in [1.29, 1.82) is 10.5 Å². The van der Waals surface area contributed by atoms with Gasteiger partial charge in [-0.3, -0.25) is 0 Å². The van der Waals surface area contributed by atoms with E-state index < -0.39 is 5.41 Å². The van der Waals surface area contributed by atoms with Gasteiger partial charge in [0.2, 0.25) is 0 Å². The highest BCUT2D eigenvalue weighted by Gasteiger charge is 2.38. The van der Waals surface area contributed by atoms with E-state index >= 15 is 0 Å². The summed E-state index contributed by atoms with van der Waals surface area (Å²) >= 11 is 0. The lowest BCUT2D eigenvalue weighted by atomic mass is 9.85. The van der Waals surface area contributed by atoms with Gasteiger partial charge in [-0.15, -0.1) is 0 Å². The van der Waals surface area contributed by atoms with Gasteiger partial charge >= 0.3 is 0 Å². The van der Waals surface area contributed by atoms with Crippen molar-refractivity contribution in [2.75, 3.05) is 0 Å². The zero-order chi connectivity index (χ0) is 9.31. The second-order valence-electron chi connectivity index (χ2n) is 3.29. The molecule has 2 nitrogen and oxygen atoms in total. The van der Waals surface area contributed by atoms with Crippen LogP contribution in [-0.4, -0.2) is 0 Å². The molecular formula is C11H8N2. The molecule has 0 fully saturated rings. The van der Waals surface area contributed by atoms with Gasteiger partial charge in [0.15, 0.2) is 5.41 Å². The van der Waals surface area contributed by atoms with Crippen LogP contribution >= 0.6 is 0 Å². The summed E-state index contributed by atoms with van der Waals surface area (Å²) < 4.78 is 0. The second-order valence-corrected chi connectivity index (χ2v) is 3.29. The van der Waals surface area contributed by atoms with E-state index in [0.29, 0.717) is 6.42 Å². The topological polar surface area (TPSA) is 47.6 Å². The highest BCUT2D eigenvalue weighted by atomic mass is 14.5. The Kier molecular flexibility index (Phi) is 1.57. The van der Waals surface area contributed by atoms with E-state index in [1.807, 2.05) is 24.3 Å². The number of hydrogen-bond acceptors (Lipinski definition) is 2. The molecule has 0 saturated heterocycles. The van der Waals surface area contributed by atoms with Gasteiger partial charge < -0.3 is 0 Å². The maximum Gasteiger partial charge on any atom is 0.169 e. The predicted molar refractivity (Wildman–Crippen MR) is 47.7 cm³/mol. The number of nitrogens with zero attached hydrogens (tertiary/aromatic N) is 2. The van der Waals surface area contributed by atoms with E-state index in [1.165, 1.54) is 0 Å². The number of fused-ring (bicyclic) bond motifs is 1. The van der Waals surface area contributed by atoms with Crippen molar-refractivity contribution >= 4 is 0 Å². The van der Waals surface area contributed by atoms with Crippen LogP contribution in [0.2, 0.25) is 0 Å². The molecule has 2 heteroatoms. The van der Waals surface area contributed by atoms with E-state index in [4.69, 9.17) is 10.5 Å². The van der Waals surface area contributed by atoms with Crippen LogP contribution in [0, 0.1) is 22.7 Å². The first kappa shape index (κ1) is 7.83. The Hall–Kier alpha value is -1.80. The lowest BCUT2D eigenvalue weighted by Crippen LogP contribution is -2.17. The zero-order valence-corrected chi connectivity index (χ0v) is 7.12. The molecule has 1 aromatic rings. The molecule has 1 aliphatic rings. The Morgan fingerprint density at radius 2 is 1.85 bits per heavy atom. The highest BCUT2D eigenvalue weighted by molar-refractivity contribution is 5.49. The first-order valence-electron chi connectivity index (χ1n) is 4.23. The monoisotopic (exact) mass is 168 g/mol. The number of rotatable bonds is 0. The number of aryl methyl sites for hydroxylation is 1. The largest absolute Gasteiger partial charge is 0.196 e. The fraction of sp³-hybridized carbons (Fsp3) is 0.273. The molecule has 0 spiro atoms. The van der Waals surface area contributed by atoms with Crippen molar-refractivity contribution in [3.63, 3.8) is 0 Å². The SMILES string of the molecule is N#CC1(C#N)CCc2ccccc21. The molecular weight excluding hydrogens is 160 g/mol. The molecule has 0 radical (unpaired) electrons. The smallest absolute Gasteiger partial charge is 0.169 e. The lowest BCUT2D eigenvalue weighted by Gasteiger charge is -2.10. The fourth-order valence-corrected chi connectivity index (χ4v) is 1.87. The Morgan fingerprint density at radius 1 is 1.15 bits per heavy atom. The minimum absolute atomic E-state index is 0.638. The molecule has 62 valence electrons. The summed E-state index contributed by atoms with van der Waals surface area (Å²) in [7, 11) is 0. The maximum atomic E-state index is 8.99. The quantitative estimate of drug-likeness (QED) is 0.594. The lowest BCUT2D eigenvalue weighted by molar-refractivity contribution is 0.688. The average Bonchev–Trinajstić information content (AvgIpc) is 2.58. The van der Waals surface area contributed by atoms with Crippen LogP contribution in [0.4, 0.5) is 0 Å². The Morgan fingerprint density at radius 3 is 2.54 bits per heavy atom. The molecule has 13 heavy (non-hydrogen) atoms. The average molecular weight is 168 g/mol. The van der Waals surface area contributed by atoms with Crippen molar-refractivity contribution < 1.29 is 0 Å². The van der Waals surface area contributed by atoms with Crippen LogP contribution in [0.15, 0.2) is 24.3 Å². The number of nitriles is 2. The van der Waals surface area contributed by atoms with E-state index in [2.05, 4.69) is 12.1 Å². The van der Waals surface area contributed by atoms with Gasteiger partial charge in [-0.05, 0) is 24.0 Å².